The van der Waals surface area contributed by atoms with Crippen LogP contribution < -0.4 is 5.32 Å². The molecule has 6 heteroatoms. The van der Waals surface area contributed by atoms with Crippen molar-refractivity contribution in [3.05, 3.63) is 53.6 Å². The van der Waals surface area contributed by atoms with E-state index >= 15 is 0 Å². The molecule has 21 heavy (non-hydrogen) atoms. The number of benzene rings is 2. The van der Waals surface area contributed by atoms with Gasteiger partial charge in [0.25, 0.3) is 5.91 Å². The summed E-state index contributed by atoms with van der Waals surface area (Å²) in [6, 6.07) is 10.1. The molecule has 0 unspecified atom stereocenters. The standard InChI is InChI=1S/C15H13NO5/c1-21-15(20)11-7-6-9(8-13(11)18)16-14(19)10-4-2-3-5-12(10)17/h2-8,17-18H,1H3,(H,16,19). The van der Waals surface area contributed by atoms with Gasteiger partial charge >= 0.3 is 5.97 Å². The Balaban J connectivity index is 2.21. The average Bonchev–Trinajstić information content (AvgIpc) is 2.47. The van der Waals surface area contributed by atoms with E-state index < -0.39 is 11.9 Å². The second kappa shape index (κ2) is 5.96. The summed E-state index contributed by atoms with van der Waals surface area (Å²) < 4.78 is 4.50. The van der Waals surface area contributed by atoms with Crippen molar-refractivity contribution in [3.8, 4) is 11.5 Å². The van der Waals surface area contributed by atoms with Gasteiger partial charge in [0.05, 0.1) is 12.7 Å². The van der Waals surface area contributed by atoms with E-state index in [-0.39, 0.29) is 28.3 Å². The van der Waals surface area contributed by atoms with Gasteiger partial charge in [-0.2, -0.15) is 0 Å². The Hall–Kier alpha value is -3.02. The third-order valence-electron chi connectivity index (χ3n) is 2.81. The number of hydrogen-bond donors (Lipinski definition) is 3. The van der Waals surface area contributed by atoms with Crippen molar-refractivity contribution >= 4 is 17.6 Å². The lowest BCUT2D eigenvalue weighted by molar-refractivity contribution is 0.0597. The number of anilines is 1. The molecule has 0 aliphatic carbocycles. The summed E-state index contributed by atoms with van der Waals surface area (Å²) in [6.45, 7) is 0. The van der Waals surface area contributed by atoms with Crippen molar-refractivity contribution in [1.29, 1.82) is 0 Å². The molecule has 0 saturated carbocycles. The molecule has 2 aromatic carbocycles. The van der Waals surface area contributed by atoms with E-state index in [2.05, 4.69) is 10.1 Å². The molecule has 3 N–H and O–H groups in total. The van der Waals surface area contributed by atoms with Crippen LogP contribution in [0.5, 0.6) is 11.5 Å². The Labute approximate surface area is 120 Å². The van der Waals surface area contributed by atoms with Gasteiger partial charge in [0.15, 0.2) is 0 Å². The van der Waals surface area contributed by atoms with Crippen LogP contribution in [0, 0.1) is 0 Å². The minimum Gasteiger partial charge on any atom is -0.507 e. The summed E-state index contributed by atoms with van der Waals surface area (Å²) in [4.78, 5) is 23.3. The average molecular weight is 287 g/mol. The van der Waals surface area contributed by atoms with Crippen LogP contribution in [0.4, 0.5) is 5.69 Å². The first-order valence-electron chi connectivity index (χ1n) is 6.03. The highest BCUT2D eigenvalue weighted by atomic mass is 16.5. The molecule has 0 aliphatic heterocycles. The van der Waals surface area contributed by atoms with Crippen LogP contribution in [0.25, 0.3) is 0 Å². The molecule has 0 bridgehead atoms. The highest BCUT2D eigenvalue weighted by Gasteiger charge is 2.14. The molecule has 0 radical (unpaired) electrons. The van der Waals surface area contributed by atoms with E-state index in [0.717, 1.165) is 0 Å². The Morgan fingerprint density at radius 2 is 1.71 bits per heavy atom. The van der Waals surface area contributed by atoms with Gasteiger partial charge in [-0.05, 0) is 24.3 Å². The first-order valence-corrected chi connectivity index (χ1v) is 6.03. The highest BCUT2D eigenvalue weighted by Crippen LogP contribution is 2.24. The predicted molar refractivity (Wildman–Crippen MR) is 75.5 cm³/mol. The summed E-state index contributed by atoms with van der Waals surface area (Å²) >= 11 is 0. The quantitative estimate of drug-likeness (QED) is 0.752. The Bertz CT molecular complexity index is 696. The minimum absolute atomic E-state index is 0.00180. The largest absolute Gasteiger partial charge is 0.507 e. The van der Waals surface area contributed by atoms with E-state index in [1.807, 2.05) is 0 Å². The van der Waals surface area contributed by atoms with Gasteiger partial charge in [-0.1, -0.05) is 12.1 Å². The number of rotatable bonds is 3. The number of para-hydroxylation sites is 1. The molecule has 2 rings (SSSR count). The minimum atomic E-state index is -0.675. The fourth-order valence-corrected chi connectivity index (χ4v) is 1.76. The van der Waals surface area contributed by atoms with Crippen molar-refractivity contribution in [2.24, 2.45) is 0 Å². The van der Waals surface area contributed by atoms with Crippen LogP contribution in [0.15, 0.2) is 42.5 Å². The van der Waals surface area contributed by atoms with Gasteiger partial charge in [0.1, 0.15) is 17.1 Å². The zero-order valence-electron chi connectivity index (χ0n) is 11.2. The predicted octanol–water partition coefficient (Wildman–Crippen LogP) is 2.14. The topological polar surface area (TPSA) is 95.9 Å². The molecule has 0 saturated heterocycles. The van der Waals surface area contributed by atoms with Crippen molar-refractivity contribution in [2.75, 3.05) is 12.4 Å². The molecule has 2 aromatic rings. The molecule has 0 atom stereocenters. The molecular formula is C15H13NO5. The van der Waals surface area contributed by atoms with Crippen molar-refractivity contribution < 1.29 is 24.5 Å². The summed E-state index contributed by atoms with van der Waals surface area (Å²) in [5.41, 5.74) is 0.389. The van der Waals surface area contributed by atoms with E-state index in [4.69, 9.17) is 0 Å². The van der Waals surface area contributed by atoms with Crippen LogP contribution in [-0.2, 0) is 4.74 Å². The van der Waals surface area contributed by atoms with Crippen LogP contribution in [0.1, 0.15) is 20.7 Å². The van der Waals surface area contributed by atoms with Gasteiger partial charge in [0.2, 0.25) is 0 Å². The van der Waals surface area contributed by atoms with Crippen LogP contribution >= 0.6 is 0 Å². The maximum atomic E-state index is 12.0. The summed E-state index contributed by atoms with van der Waals surface area (Å²) in [6.07, 6.45) is 0. The molecule has 0 fully saturated rings. The molecule has 0 heterocycles. The van der Waals surface area contributed by atoms with E-state index in [0.29, 0.717) is 0 Å². The van der Waals surface area contributed by atoms with Crippen LogP contribution in [0.2, 0.25) is 0 Å². The van der Waals surface area contributed by atoms with Gasteiger partial charge in [-0.3, -0.25) is 4.79 Å². The Morgan fingerprint density at radius 3 is 2.33 bits per heavy atom. The fourth-order valence-electron chi connectivity index (χ4n) is 1.76. The van der Waals surface area contributed by atoms with Crippen molar-refractivity contribution in [3.63, 3.8) is 0 Å². The lowest BCUT2D eigenvalue weighted by atomic mass is 10.1. The number of ether oxygens (including phenoxy) is 1. The number of aromatic hydroxyl groups is 2. The van der Waals surface area contributed by atoms with E-state index in [1.54, 1.807) is 12.1 Å². The first-order chi connectivity index (χ1) is 10.0. The van der Waals surface area contributed by atoms with Crippen molar-refractivity contribution in [2.45, 2.75) is 0 Å². The number of carbonyl (C=O) groups excluding carboxylic acids is 2. The lowest BCUT2D eigenvalue weighted by Crippen LogP contribution is -2.12. The molecular weight excluding hydrogens is 274 g/mol. The second-order valence-electron chi connectivity index (χ2n) is 4.19. The number of nitrogens with one attached hydrogen (secondary N) is 1. The third-order valence-corrected chi connectivity index (χ3v) is 2.81. The molecule has 0 spiro atoms. The number of phenolic OH excluding ortho intramolecular Hbond substituents is 2. The smallest absolute Gasteiger partial charge is 0.341 e. The normalized spacial score (nSPS) is 9.95. The lowest BCUT2D eigenvalue weighted by Gasteiger charge is -2.08. The third kappa shape index (κ3) is 3.11. The van der Waals surface area contributed by atoms with Crippen molar-refractivity contribution in [1.82, 2.24) is 0 Å². The summed E-state index contributed by atoms with van der Waals surface area (Å²) in [7, 11) is 1.20. The Morgan fingerprint density at radius 1 is 1.00 bits per heavy atom. The number of amides is 1. The molecule has 1 amide bonds. The molecule has 0 aliphatic rings. The van der Waals surface area contributed by atoms with Crippen LogP contribution in [-0.4, -0.2) is 29.2 Å². The molecule has 108 valence electrons. The maximum absolute atomic E-state index is 12.0. The summed E-state index contributed by atoms with van der Waals surface area (Å²) in [5.74, 6) is -1.66. The Kier molecular flexibility index (Phi) is 4.08. The van der Waals surface area contributed by atoms with Gasteiger partial charge in [0, 0.05) is 11.8 Å². The fraction of sp³-hybridized carbons (Fsp3) is 0.0667. The maximum Gasteiger partial charge on any atom is 0.341 e. The van der Waals surface area contributed by atoms with Gasteiger partial charge in [-0.25, -0.2) is 4.79 Å². The number of hydrogen-bond acceptors (Lipinski definition) is 5. The molecule has 6 nitrogen and oxygen atoms in total. The number of esters is 1. The monoisotopic (exact) mass is 287 g/mol. The number of methoxy groups -OCH3 is 1. The SMILES string of the molecule is COC(=O)c1ccc(NC(=O)c2ccccc2O)cc1O. The van der Waals surface area contributed by atoms with E-state index in [1.165, 1.54) is 37.4 Å². The van der Waals surface area contributed by atoms with Gasteiger partial charge in [-0.15, -0.1) is 0 Å². The zero-order valence-corrected chi connectivity index (χ0v) is 11.2. The second-order valence-corrected chi connectivity index (χ2v) is 4.19. The first kappa shape index (κ1) is 14.4. The van der Waals surface area contributed by atoms with Gasteiger partial charge < -0.3 is 20.3 Å². The van der Waals surface area contributed by atoms with Crippen LogP contribution in [0.3, 0.4) is 0 Å². The summed E-state index contributed by atoms with van der Waals surface area (Å²) in [5, 5.41) is 21.8. The highest BCUT2D eigenvalue weighted by molar-refractivity contribution is 6.06. The number of phenols is 2. The number of carbonyl (C=O) groups is 2. The van der Waals surface area contributed by atoms with E-state index in [9.17, 15) is 19.8 Å². The zero-order chi connectivity index (χ0) is 15.4. The molecule has 0 aromatic heterocycles.